The first-order valence-electron chi connectivity index (χ1n) is 38.1. The molecule has 110 heavy (non-hydrogen) atoms. The fraction of sp³-hybridized carbons (Fsp3) is 0.759. The van der Waals surface area contributed by atoms with Gasteiger partial charge in [0.2, 0.25) is 0 Å². The Kier molecular flexibility index (Phi) is 57.8. The van der Waals surface area contributed by atoms with Crippen LogP contribution in [-0.4, -0.2) is 216 Å². The maximum Gasteiger partial charge on any atom is 1.00 e. The molecule has 12 atom stereocenters. The zero-order chi connectivity index (χ0) is 80.8. The smallest absolute Gasteiger partial charge is 0.870 e. The summed E-state index contributed by atoms with van der Waals surface area (Å²) in [6, 6.07) is 16.0. The molecule has 636 valence electrons. The summed E-state index contributed by atoms with van der Waals surface area (Å²) >= 11 is 0. The number of carboxylic acid groups (broad SMARTS) is 2. The maximum absolute atomic E-state index is 13.0. The van der Waals surface area contributed by atoms with Crippen LogP contribution in [0.1, 0.15) is 206 Å². The van der Waals surface area contributed by atoms with Gasteiger partial charge in [0.05, 0.1) is 64.1 Å². The molecule has 0 amide bonds. The van der Waals surface area contributed by atoms with E-state index in [0.717, 1.165) is 46.2 Å². The van der Waals surface area contributed by atoms with Crippen LogP contribution in [0.2, 0.25) is 36.3 Å². The van der Waals surface area contributed by atoms with Gasteiger partial charge in [-0.25, -0.2) is 9.59 Å². The van der Waals surface area contributed by atoms with Gasteiger partial charge in [0.15, 0.2) is 28.8 Å². The minimum Gasteiger partial charge on any atom is -0.870 e. The largest absolute Gasteiger partial charge is 1.00 e. The van der Waals surface area contributed by atoms with E-state index in [4.69, 9.17) is 65.7 Å². The van der Waals surface area contributed by atoms with E-state index in [1.807, 2.05) is 64.1 Å². The molecule has 0 heterocycles. The number of aliphatic hydroxyl groups is 2. The van der Waals surface area contributed by atoms with Gasteiger partial charge in [-0.15, -0.1) is 0 Å². The van der Waals surface area contributed by atoms with Crippen LogP contribution in [0.4, 0.5) is 0 Å². The third-order valence-electron chi connectivity index (χ3n) is 20.9. The van der Waals surface area contributed by atoms with E-state index in [0.29, 0.717) is 78.2 Å². The number of aliphatic hydroxyl groups excluding tert-OH is 2. The molecule has 2 rings (SSSR count). The van der Waals surface area contributed by atoms with Gasteiger partial charge in [0.25, 0.3) is 0 Å². The summed E-state index contributed by atoms with van der Waals surface area (Å²) in [4.78, 5) is 49.9. The van der Waals surface area contributed by atoms with E-state index in [-0.39, 0.29) is 123 Å². The molecule has 7 N–H and O–H groups in total. The zero-order valence-corrected chi connectivity index (χ0v) is 73.9. The van der Waals surface area contributed by atoms with Crippen molar-refractivity contribution in [2.24, 2.45) is 23.7 Å². The summed E-state index contributed by atoms with van der Waals surface area (Å²) in [6.45, 7) is 48.4. The Labute approximate surface area is 677 Å². The van der Waals surface area contributed by atoms with Crippen molar-refractivity contribution in [2.45, 2.75) is 292 Å². The van der Waals surface area contributed by atoms with Crippen molar-refractivity contribution in [1.82, 2.24) is 0 Å². The van der Waals surface area contributed by atoms with Crippen molar-refractivity contribution in [3.63, 3.8) is 0 Å². The zero-order valence-electron chi connectivity index (χ0n) is 71.9. The minimum absolute atomic E-state index is 0. The molecule has 0 aromatic heterocycles. The van der Waals surface area contributed by atoms with E-state index < -0.39 is 88.2 Å². The van der Waals surface area contributed by atoms with Crippen LogP contribution in [0.5, 0.6) is 0 Å². The fourth-order valence-electron chi connectivity index (χ4n) is 11.6. The van der Waals surface area contributed by atoms with Crippen molar-refractivity contribution < 1.29 is 135 Å². The molecule has 0 spiro atoms. The molecule has 0 saturated carbocycles. The van der Waals surface area contributed by atoms with Gasteiger partial charge in [-0.05, 0) is 121 Å². The molecule has 0 saturated heterocycles. The van der Waals surface area contributed by atoms with Crippen LogP contribution >= 0.6 is 0 Å². The number of methoxy groups -OCH3 is 4. The van der Waals surface area contributed by atoms with Gasteiger partial charge in [-0.1, -0.05) is 179 Å². The van der Waals surface area contributed by atoms with Crippen LogP contribution in [0.3, 0.4) is 0 Å². The fourth-order valence-corrected chi connectivity index (χ4v) is 14.4. The van der Waals surface area contributed by atoms with E-state index >= 15 is 0 Å². The number of hydrogen-bond acceptors (Lipinski definition) is 21. The van der Waals surface area contributed by atoms with Gasteiger partial charge in [0, 0.05) is 89.6 Å². The third-order valence-corrected chi connectivity index (χ3v) is 29.9. The first kappa shape index (κ1) is 113. The van der Waals surface area contributed by atoms with Crippen LogP contribution in [-0.2, 0) is 109 Å². The van der Waals surface area contributed by atoms with Gasteiger partial charge in [-0.3, -0.25) is 9.59 Å². The first-order chi connectivity index (χ1) is 49.5. The molecule has 0 unspecified atom stereocenters. The van der Waals surface area contributed by atoms with E-state index in [9.17, 15) is 39.6 Å². The Hall–Kier alpha value is -3.81. The number of carbonyl (C=O) groups is 4. The standard InChI is InChI=1S/2C41H72O11Si.CH4.Li.2H2O/c2*1-14-31(26-49-28-48-20-19-46-10)21-29(3)35(42)24-34(52-53(12,13)40(5,6)7)25-36(51-37(43)15-2)41(8,9)33-18-16-17-32(23-33)22-30(4)38(39(44)45)50-27-47-11;;;;/h2*16-18,21,23,30-31,34-36,38,42H,14-15,19-20,22,24-28H2,1-13H3,(H,44,45);1H4;;2*1H2/q;;;+1;;/p-1/b2*29-21-;;;;/t2*30-,31-,34-,35+,36+,38+;;;;/m11..../s1. The molecule has 0 fully saturated rings. The maximum atomic E-state index is 13.0. The van der Waals surface area contributed by atoms with Gasteiger partial charge in [0.1, 0.15) is 39.4 Å². The number of hydrogen-bond donors (Lipinski definition) is 4. The number of esters is 2. The average Bonchev–Trinajstić information content (AvgIpc) is 0.802. The molecule has 0 aliphatic heterocycles. The second-order valence-corrected chi connectivity index (χ2v) is 42.0. The molecule has 24 nitrogen and oxygen atoms in total. The number of rotatable bonds is 54. The van der Waals surface area contributed by atoms with Crippen molar-refractivity contribution in [3.05, 3.63) is 94.1 Å². The van der Waals surface area contributed by atoms with E-state index in [2.05, 4.69) is 134 Å². The Bertz CT molecular complexity index is 2690. The summed E-state index contributed by atoms with van der Waals surface area (Å²) in [5, 5.41) is 42.6. The second kappa shape index (κ2) is 56.5. The molecule has 2 aromatic rings. The summed E-state index contributed by atoms with van der Waals surface area (Å²) in [5.41, 5.74) is 4.12. The van der Waals surface area contributed by atoms with Crippen LogP contribution in [0.25, 0.3) is 0 Å². The summed E-state index contributed by atoms with van der Waals surface area (Å²) in [5.74, 6) is -3.18. The van der Waals surface area contributed by atoms with Crippen LogP contribution in [0.15, 0.2) is 71.8 Å². The molecule has 27 heteroatoms. The Morgan fingerprint density at radius 1 is 0.500 bits per heavy atom. The summed E-state index contributed by atoms with van der Waals surface area (Å²) < 4.78 is 79.7. The number of ether oxygens (including phenoxy) is 12. The Morgan fingerprint density at radius 3 is 1.10 bits per heavy atom. The Morgan fingerprint density at radius 2 is 0.827 bits per heavy atom. The molecule has 2 aromatic carbocycles. The van der Waals surface area contributed by atoms with E-state index in [1.54, 1.807) is 28.1 Å². The van der Waals surface area contributed by atoms with Gasteiger partial charge < -0.3 is 97.1 Å². The number of carbonyl (C=O) groups excluding carboxylic acids is 2. The SMILES string of the molecule is C.CCC(=O)O[C@@H](C[C@@H](C[C@H](O)/C(C)=C\[C@@H](CC)COCOCCOC)O[Si](C)(C)C(C)(C)C)C(C)(C)c1cccc(C[C@@H](C)[C@H](OCOC)C(=O)O)c1.CCC(=O)O[C@@H](C[C@@H](C[C@H](O)/C(C)=C\[C@@H](CC)COCOCCOC)O[Si](C)(C)C(C)(C)C)C(C)(C)c1cccc(C[C@@H](C)[C@H](OCOC)C(=O)O)c1.O.[Li+].[OH-]. The van der Waals surface area contributed by atoms with Crippen molar-refractivity contribution in [3.8, 4) is 0 Å². The molecule has 0 aliphatic carbocycles. The number of aliphatic carboxylic acids is 2. The molecular weight excluding hydrogens is 1440 g/mol. The predicted octanol–water partition coefficient (Wildman–Crippen LogP) is 12.0. The summed E-state index contributed by atoms with van der Waals surface area (Å²) in [7, 11) is 1.50. The second-order valence-electron chi connectivity index (χ2n) is 32.4. The van der Waals surface area contributed by atoms with Crippen molar-refractivity contribution in [1.29, 1.82) is 0 Å². The van der Waals surface area contributed by atoms with Crippen molar-refractivity contribution in [2.75, 3.05) is 95.3 Å². The predicted molar refractivity (Wildman–Crippen MR) is 433 cm³/mol. The molecule has 0 bridgehead atoms. The van der Waals surface area contributed by atoms with Crippen LogP contribution in [0, 0.1) is 23.7 Å². The summed E-state index contributed by atoms with van der Waals surface area (Å²) in [6.07, 6.45) is 3.00. The normalized spacial score (nSPS) is 15.9. The van der Waals surface area contributed by atoms with Gasteiger partial charge in [-0.2, -0.15) is 0 Å². The first-order valence-corrected chi connectivity index (χ1v) is 43.9. The van der Waals surface area contributed by atoms with Gasteiger partial charge >= 0.3 is 42.7 Å². The van der Waals surface area contributed by atoms with Crippen LogP contribution < -0.4 is 18.9 Å². The average molecular weight is 1600 g/mol. The molecule has 0 radical (unpaired) electrons. The number of carboxylic acids is 2. The third kappa shape index (κ3) is 41.2. The number of benzene rings is 2. The quantitative estimate of drug-likeness (QED) is 0.0157. The van der Waals surface area contributed by atoms with Crippen molar-refractivity contribution >= 4 is 40.5 Å². The van der Waals surface area contributed by atoms with E-state index in [1.165, 1.54) is 14.2 Å². The monoisotopic (exact) mass is 1600 g/mol. The Balaban J connectivity index is -0.000000986. The minimum atomic E-state index is -2.33. The topological polar surface area (TPSA) is 340 Å². The molecule has 0 aliphatic rings. The molecular formula is C83H151LiO24Si2.